The summed E-state index contributed by atoms with van der Waals surface area (Å²) in [4.78, 5) is 0. The molecule has 0 aliphatic carbocycles. The predicted octanol–water partition coefficient (Wildman–Crippen LogP) is 4.46. The highest BCUT2D eigenvalue weighted by molar-refractivity contribution is 5.86. The van der Waals surface area contributed by atoms with Gasteiger partial charge in [-0.3, -0.25) is 0 Å². The van der Waals surface area contributed by atoms with Crippen molar-refractivity contribution in [2.45, 2.75) is 13.0 Å². The molecule has 1 N–H and O–H groups in total. The van der Waals surface area contributed by atoms with Crippen LogP contribution in [0.2, 0.25) is 0 Å². The maximum absolute atomic E-state index is 3.45. The molecule has 0 aromatic heterocycles. The van der Waals surface area contributed by atoms with Gasteiger partial charge in [-0.1, -0.05) is 72.3 Å². The number of rotatable bonds is 3. The lowest BCUT2D eigenvalue weighted by molar-refractivity contribution is 0.697. The largest absolute Gasteiger partial charge is 0.309 e. The highest BCUT2D eigenvalue weighted by Crippen LogP contribution is 2.28. The third-order valence-corrected chi connectivity index (χ3v) is 3.83. The lowest BCUT2D eigenvalue weighted by Crippen LogP contribution is -2.17. The smallest absolute Gasteiger partial charge is 0.0580 e. The van der Waals surface area contributed by atoms with E-state index < -0.39 is 0 Å². The Morgan fingerprint density at radius 3 is 2.25 bits per heavy atom. The Labute approximate surface area is 120 Å². The van der Waals surface area contributed by atoms with Crippen molar-refractivity contribution in [3.63, 3.8) is 0 Å². The normalized spacial score (nSPS) is 12.5. The quantitative estimate of drug-likeness (QED) is 0.734. The van der Waals surface area contributed by atoms with Crippen LogP contribution in [0.5, 0.6) is 0 Å². The van der Waals surface area contributed by atoms with Gasteiger partial charge in [-0.05, 0) is 35.9 Å². The third-order valence-electron chi connectivity index (χ3n) is 3.83. The average molecular weight is 261 g/mol. The molecule has 0 spiro atoms. The number of hydrogen-bond donors (Lipinski definition) is 1. The van der Waals surface area contributed by atoms with Crippen LogP contribution in [0.3, 0.4) is 0 Å². The fourth-order valence-electron chi connectivity index (χ4n) is 2.76. The van der Waals surface area contributed by atoms with Crippen molar-refractivity contribution in [1.29, 1.82) is 0 Å². The summed E-state index contributed by atoms with van der Waals surface area (Å²) in [5.74, 6) is 0. The van der Waals surface area contributed by atoms with Gasteiger partial charge in [-0.25, -0.2) is 0 Å². The van der Waals surface area contributed by atoms with Gasteiger partial charge < -0.3 is 5.32 Å². The van der Waals surface area contributed by atoms with Crippen LogP contribution < -0.4 is 5.32 Å². The molecule has 1 unspecified atom stereocenters. The van der Waals surface area contributed by atoms with Gasteiger partial charge in [-0.2, -0.15) is 0 Å². The molecule has 1 atom stereocenters. The van der Waals surface area contributed by atoms with Crippen molar-refractivity contribution in [3.05, 3.63) is 83.4 Å². The van der Waals surface area contributed by atoms with Gasteiger partial charge >= 0.3 is 0 Å². The van der Waals surface area contributed by atoms with E-state index >= 15 is 0 Å². The van der Waals surface area contributed by atoms with Gasteiger partial charge in [0.05, 0.1) is 6.04 Å². The van der Waals surface area contributed by atoms with Crippen LogP contribution in [0.25, 0.3) is 10.8 Å². The first-order chi connectivity index (χ1) is 9.79. The van der Waals surface area contributed by atoms with Crippen LogP contribution in [0.1, 0.15) is 22.7 Å². The van der Waals surface area contributed by atoms with E-state index in [1.54, 1.807) is 0 Å². The van der Waals surface area contributed by atoms with Crippen molar-refractivity contribution in [3.8, 4) is 0 Å². The second kappa shape index (κ2) is 5.48. The summed E-state index contributed by atoms with van der Waals surface area (Å²) in [7, 11) is 2.02. The minimum absolute atomic E-state index is 0.224. The van der Waals surface area contributed by atoms with Crippen LogP contribution in [0.4, 0.5) is 0 Å². The van der Waals surface area contributed by atoms with E-state index in [1.165, 1.54) is 27.5 Å². The Morgan fingerprint density at radius 1 is 0.800 bits per heavy atom. The Kier molecular flexibility index (Phi) is 3.53. The van der Waals surface area contributed by atoms with Crippen LogP contribution in [-0.4, -0.2) is 7.05 Å². The molecule has 20 heavy (non-hydrogen) atoms. The SMILES string of the molecule is CNC(c1ccc(C)cc1)c1cccc2ccccc12. The summed E-state index contributed by atoms with van der Waals surface area (Å²) in [5.41, 5.74) is 3.92. The lowest BCUT2D eigenvalue weighted by atomic mass is 9.93. The van der Waals surface area contributed by atoms with Gasteiger partial charge in [-0.15, -0.1) is 0 Å². The van der Waals surface area contributed by atoms with E-state index in [0.717, 1.165) is 0 Å². The zero-order valence-corrected chi connectivity index (χ0v) is 11.9. The molecule has 1 nitrogen and oxygen atoms in total. The molecule has 0 aliphatic heterocycles. The highest BCUT2D eigenvalue weighted by Gasteiger charge is 2.14. The average Bonchev–Trinajstić information content (AvgIpc) is 2.50. The molecule has 0 heterocycles. The van der Waals surface area contributed by atoms with E-state index in [2.05, 4.69) is 79.0 Å². The Hall–Kier alpha value is -2.12. The Balaban J connectivity index is 2.14. The first-order valence-corrected chi connectivity index (χ1v) is 7.01. The summed E-state index contributed by atoms with van der Waals surface area (Å²) >= 11 is 0. The molecular formula is C19H19N. The van der Waals surface area contributed by atoms with Crippen LogP contribution >= 0.6 is 0 Å². The molecule has 0 fully saturated rings. The van der Waals surface area contributed by atoms with E-state index in [1.807, 2.05) is 7.05 Å². The fourth-order valence-corrected chi connectivity index (χ4v) is 2.76. The zero-order valence-electron chi connectivity index (χ0n) is 11.9. The van der Waals surface area contributed by atoms with Gasteiger partial charge in [0, 0.05) is 0 Å². The second-order valence-electron chi connectivity index (χ2n) is 5.20. The highest BCUT2D eigenvalue weighted by atomic mass is 14.9. The van der Waals surface area contributed by atoms with Crippen LogP contribution in [0, 0.1) is 6.92 Å². The Bertz CT molecular complexity index is 708. The molecule has 0 saturated carbocycles. The van der Waals surface area contributed by atoms with Crippen molar-refractivity contribution < 1.29 is 0 Å². The standard InChI is InChI=1S/C19H19N/c1-14-10-12-16(13-11-14)19(20-2)18-9-5-7-15-6-3-4-8-17(15)18/h3-13,19-20H,1-2H3. The molecule has 0 radical (unpaired) electrons. The van der Waals surface area contributed by atoms with Crippen molar-refractivity contribution in [2.24, 2.45) is 0 Å². The van der Waals surface area contributed by atoms with Crippen molar-refractivity contribution >= 4 is 10.8 Å². The topological polar surface area (TPSA) is 12.0 Å². The van der Waals surface area contributed by atoms with Crippen molar-refractivity contribution in [2.75, 3.05) is 7.05 Å². The monoisotopic (exact) mass is 261 g/mol. The molecule has 3 rings (SSSR count). The molecule has 100 valence electrons. The molecule has 0 saturated heterocycles. The van der Waals surface area contributed by atoms with Crippen molar-refractivity contribution in [1.82, 2.24) is 5.32 Å². The first-order valence-electron chi connectivity index (χ1n) is 7.01. The number of aryl methyl sites for hydroxylation is 1. The molecule has 0 aliphatic rings. The van der Waals surface area contributed by atoms with E-state index in [9.17, 15) is 0 Å². The minimum Gasteiger partial charge on any atom is -0.309 e. The number of fused-ring (bicyclic) bond motifs is 1. The van der Waals surface area contributed by atoms with E-state index in [-0.39, 0.29) is 6.04 Å². The zero-order chi connectivity index (χ0) is 13.9. The number of benzene rings is 3. The number of nitrogens with one attached hydrogen (secondary N) is 1. The summed E-state index contributed by atoms with van der Waals surface area (Å²) in [5, 5.41) is 6.05. The Morgan fingerprint density at radius 2 is 1.50 bits per heavy atom. The van der Waals surface area contributed by atoms with Gasteiger partial charge in [0.1, 0.15) is 0 Å². The van der Waals surface area contributed by atoms with Gasteiger partial charge in [0.2, 0.25) is 0 Å². The lowest BCUT2D eigenvalue weighted by Gasteiger charge is -2.19. The predicted molar refractivity (Wildman–Crippen MR) is 86.0 cm³/mol. The maximum atomic E-state index is 3.45. The minimum atomic E-state index is 0.224. The first kappa shape index (κ1) is 12.9. The van der Waals surface area contributed by atoms with Crippen LogP contribution in [0.15, 0.2) is 66.7 Å². The number of hydrogen-bond acceptors (Lipinski definition) is 1. The van der Waals surface area contributed by atoms with Gasteiger partial charge in [0.25, 0.3) is 0 Å². The summed E-state index contributed by atoms with van der Waals surface area (Å²) < 4.78 is 0. The molecule has 1 heteroatoms. The molecule has 3 aromatic carbocycles. The summed E-state index contributed by atoms with van der Waals surface area (Å²) in [6.45, 7) is 2.12. The van der Waals surface area contributed by atoms with Gasteiger partial charge in [0.15, 0.2) is 0 Å². The molecular weight excluding hydrogens is 242 g/mol. The second-order valence-corrected chi connectivity index (χ2v) is 5.20. The maximum Gasteiger partial charge on any atom is 0.0580 e. The molecule has 0 bridgehead atoms. The summed E-state index contributed by atoms with van der Waals surface area (Å²) in [6, 6.07) is 24.1. The third kappa shape index (κ3) is 2.33. The van der Waals surface area contributed by atoms with Crippen LogP contribution in [-0.2, 0) is 0 Å². The fraction of sp³-hybridized carbons (Fsp3) is 0.158. The van der Waals surface area contributed by atoms with E-state index in [0.29, 0.717) is 0 Å². The molecule has 0 amide bonds. The van der Waals surface area contributed by atoms with E-state index in [4.69, 9.17) is 0 Å². The summed E-state index contributed by atoms with van der Waals surface area (Å²) in [6.07, 6.45) is 0. The molecule has 3 aromatic rings.